The van der Waals surface area contributed by atoms with Crippen molar-refractivity contribution < 1.29 is 4.92 Å². The molecule has 9 heteroatoms. The molecule has 0 saturated carbocycles. The van der Waals surface area contributed by atoms with Crippen LogP contribution >= 0.6 is 11.6 Å². The molecule has 0 aliphatic heterocycles. The van der Waals surface area contributed by atoms with Gasteiger partial charge in [-0.25, -0.2) is 4.98 Å². The standard InChI is InChI=1S/C20H17ClN6O2/c21-14-5-7-15(8-6-14)25-20-24-12-18(27(28)29)19(26-20)22-10-9-13-11-23-17-4-2-1-3-16(13)17/h1-8,11-12,23H,9-10H2,(H2,22,24,25,26). The van der Waals surface area contributed by atoms with E-state index in [9.17, 15) is 10.1 Å². The average Bonchev–Trinajstić information content (AvgIpc) is 3.13. The van der Waals surface area contributed by atoms with E-state index in [1.807, 2.05) is 30.5 Å². The summed E-state index contributed by atoms with van der Waals surface area (Å²) in [6.45, 7) is 0.486. The molecule has 0 aliphatic rings. The fourth-order valence-corrected chi connectivity index (χ4v) is 3.14. The highest BCUT2D eigenvalue weighted by molar-refractivity contribution is 6.30. The molecule has 0 bridgehead atoms. The second-order valence-electron chi connectivity index (χ2n) is 6.35. The van der Waals surface area contributed by atoms with Crippen LogP contribution in [0.4, 0.5) is 23.1 Å². The topological polar surface area (TPSA) is 109 Å². The Morgan fingerprint density at radius 2 is 1.93 bits per heavy atom. The average molecular weight is 409 g/mol. The smallest absolute Gasteiger partial charge is 0.329 e. The second kappa shape index (κ2) is 8.15. The summed E-state index contributed by atoms with van der Waals surface area (Å²) in [6.07, 6.45) is 3.83. The molecule has 146 valence electrons. The first kappa shape index (κ1) is 18.7. The number of anilines is 3. The Hall–Kier alpha value is -3.65. The maximum atomic E-state index is 11.3. The molecule has 0 radical (unpaired) electrons. The SMILES string of the molecule is O=[N+]([O-])c1cnc(Nc2ccc(Cl)cc2)nc1NCCc1c[nH]c2ccccc12. The van der Waals surface area contributed by atoms with Gasteiger partial charge in [-0.15, -0.1) is 0 Å². The number of nitro groups is 1. The first-order valence-corrected chi connectivity index (χ1v) is 9.31. The number of halogens is 1. The van der Waals surface area contributed by atoms with Crippen LogP contribution in [0.25, 0.3) is 10.9 Å². The zero-order valence-electron chi connectivity index (χ0n) is 15.2. The van der Waals surface area contributed by atoms with Gasteiger partial charge in [0, 0.05) is 34.4 Å². The van der Waals surface area contributed by atoms with Crippen molar-refractivity contribution in [3.8, 4) is 0 Å². The molecule has 4 aromatic rings. The van der Waals surface area contributed by atoms with E-state index in [2.05, 4.69) is 25.6 Å². The number of fused-ring (bicyclic) bond motifs is 1. The first-order chi connectivity index (χ1) is 14.1. The van der Waals surface area contributed by atoms with Gasteiger partial charge in [0.1, 0.15) is 6.20 Å². The van der Waals surface area contributed by atoms with E-state index < -0.39 is 4.92 Å². The lowest BCUT2D eigenvalue weighted by molar-refractivity contribution is -0.384. The number of aromatic nitrogens is 3. The summed E-state index contributed by atoms with van der Waals surface area (Å²) < 4.78 is 0. The Balaban J connectivity index is 1.50. The fourth-order valence-electron chi connectivity index (χ4n) is 3.02. The van der Waals surface area contributed by atoms with Crippen molar-refractivity contribution in [2.75, 3.05) is 17.2 Å². The molecule has 0 amide bonds. The predicted octanol–water partition coefficient (Wildman–Crippen LogP) is 4.92. The molecule has 4 rings (SSSR count). The zero-order chi connectivity index (χ0) is 20.2. The number of aromatic amines is 1. The van der Waals surface area contributed by atoms with Gasteiger partial charge in [0.05, 0.1) is 4.92 Å². The van der Waals surface area contributed by atoms with Crippen LogP contribution in [-0.4, -0.2) is 26.4 Å². The monoisotopic (exact) mass is 408 g/mol. The molecule has 2 aromatic heterocycles. The molecule has 0 unspecified atom stereocenters. The van der Waals surface area contributed by atoms with Crippen molar-refractivity contribution >= 4 is 45.6 Å². The summed E-state index contributed by atoms with van der Waals surface area (Å²) in [4.78, 5) is 22.4. The van der Waals surface area contributed by atoms with Crippen LogP contribution in [0.1, 0.15) is 5.56 Å². The van der Waals surface area contributed by atoms with Crippen LogP contribution in [0.5, 0.6) is 0 Å². The lowest BCUT2D eigenvalue weighted by atomic mass is 10.1. The summed E-state index contributed by atoms with van der Waals surface area (Å²) in [5.74, 6) is 0.425. The predicted molar refractivity (Wildman–Crippen MR) is 114 cm³/mol. The number of rotatable bonds is 7. The van der Waals surface area contributed by atoms with Crippen LogP contribution in [-0.2, 0) is 6.42 Å². The molecule has 2 heterocycles. The summed E-state index contributed by atoms with van der Waals surface area (Å²) in [5.41, 5.74) is 2.74. The van der Waals surface area contributed by atoms with Gasteiger partial charge in [0.2, 0.25) is 11.8 Å². The Bertz CT molecular complexity index is 1160. The number of hydrogen-bond acceptors (Lipinski definition) is 6. The third-order valence-corrected chi connectivity index (χ3v) is 4.68. The second-order valence-corrected chi connectivity index (χ2v) is 6.79. The number of H-pyrrole nitrogens is 1. The quantitative estimate of drug-likeness (QED) is 0.296. The van der Waals surface area contributed by atoms with E-state index in [-0.39, 0.29) is 17.5 Å². The Morgan fingerprint density at radius 3 is 2.72 bits per heavy atom. The van der Waals surface area contributed by atoms with Crippen molar-refractivity contribution in [1.82, 2.24) is 15.0 Å². The molecule has 29 heavy (non-hydrogen) atoms. The van der Waals surface area contributed by atoms with Crippen molar-refractivity contribution in [2.24, 2.45) is 0 Å². The minimum atomic E-state index is -0.500. The van der Waals surface area contributed by atoms with Gasteiger partial charge in [-0.1, -0.05) is 29.8 Å². The Labute approximate surface area is 171 Å². The highest BCUT2D eigenvalue weighted by Gasteiger charge is 2.17. The van der Waals surface area contributed by atoms with E-state index in [4.69, 9.17) is 11.6 Å². The van der Waals surface area contributed by atoms with E-state index in [1.54, 1.807) is 24.3 Å². The van der Waals surface area contributed by atoms with E-state index in [1.165, 1.54) is 6.20 Å². The minimum Gasteiger partial charge on any atom is -0.364 e. The van der Waals surface area contributed by atoms with Crippen LogP contribution in [0.3, 0.4) is 0 Å². The molecule has 0 spiro atoms. The van der Waals surface area contributed by atoms with Gasteiger partial charge in [-0.05, 0) is 42.3 Å². The summed E-state index contributed by atoms with van der Waals surface area (Å²) in [6, 6.07) is 15.0. The molecule has 2 aromatic carbocycles. The van der Waals surface area contributed by atoms with E-state index in [0.717, 1.165) is 22.2 Å². The summed E-state index contributed by atoms with van der Waals surface area (Å²) in [5, 5.41) is 19.2. The molecular formula is C20H17ClN6O2. The van der Waals surface area contributed by atoms with Crippen LogP contribution < -0.4 is 10.6 Å². The minimum absolute atomic E-state index is 0.168. The number of nitrogens with zero attached hydrogens (tertiary/aromatic N) is 3. The summed E-state index contributed by atoms with van der Waals surface area (Å²) in [7, 11) is 0. The zero-order valence-corrected chi connectivity index (χ0v) is 16.0. The highest BCUT2D eigenvalue weighted by atomic mass is 35.5. The van der Waals surface area contributed by atoms with Gasteiger partial charge in [0.15, 0.2) is 0 Å². The third-order valence-electron chi connectivity index (χ3n) is 4.43. The molecule has 8 nitrogen and oxygen atoms in total. The first-order valence-electron chi connectivity index (χ1n) is 8.93. The Kier molecular flexibility index (Phi) is 5.26. The van der Waals surface area contributed by atoms with E-state index >= 15 is 0 Å². The fraction of sp³-hybridized carbons (Fsp3) is 0.100. The highest BCUT2D eigenvalue weighted by Crippen LogP contribution is 2.24. The maximum absolute atomic E-state index is 11.3. The molecule has 0 saturated heterocycles. The molecule has 0 atom stereocenters. The lowest BCUT2D eigenvalue weighted by Crippen LogP contribution is -2.10. The van der Waals surface area contributed by atoms with Crippen LogP contribution in [0.2, 0.25) is 5.02 Å². The lowest BCUT2D eigenvalue weighted by Gasteiger charge is -2.09. The van der Waals surface area contributed by atoms with Crippen LogP contribution in [0.15, 0.2) is 60.9 Å². The van der Waals surface area contributed by atoms with Gasteiger partial charge in [-0.2, -0.15) is 4.98 Å². The maximum Gasteiger partial charge on any atom is 0.329 e. The number of para-hydroxylation sites is 1. The summed E-state index contributed by atoms with van der Waals surface area (Å²) >= 11 is 5.89. The molecule has 0 fully saturated rings. The third kappa shape index (κ3) is 4.27. The number of benzene rings is 2. The molecule has 3 N–H and O–H groups in total. The van der Waals surface area contributed by atoms with Crippen molar-refractivity contribution in [2.45, 2.75) is 6.42 Å². The van der Waals surface area contributed by atoms with E-state index in [0.29, 0.717) is 18.0 Å². The van der Waals surface area contributed by atoms with Crippen LogP contribution in [0, 0.1) is 10.1 Å². The number of nitrogens with one attached hydrogen (secondary N) is 3. The normalized spacial score (nSPS) is 10.8. The molecule has 0 aliphatic carbocycles. The van der Waals surface area contributed by atoms with Gasteiger partial charge >= 0.3 is 5.69 Å². The van der Waals surface area contributed by atoms with Crippen molar-refractivity contribution in [3.63, 3.8) is 0 Å². The van der Waals surface area contributed by atoms with Crippen molar-refractivity contribution in [3.05, 3.63) is 81.6 Å². The van der Waals surface area contributed by atoms with Gasteiger partial charge < -0.3 is 15.6 Å². The Morgan fingerprint density at radius 1 is 1.14 bits per heavy atom. The van der Waals surface area contributed by atoms with Gasteiger partial charge in [-0.3, -0.25) is 10.1 Å². The van der Waals surface area contributed by atoms with Crippen molar-refractivity contribution in [1.29, 1.82) is 0 Å². The largest absolute Gasteiger partial charge is 0.364 e. The molecular weight excluding hydrogens is 392 g/mol. The number of hydrogen-bond donors (Lipinski definition) is 3. The van der Waals surface area contributed by atoms with Gasteiger partial charge in [0.25, 0.3) is 0 Å².